The van der Waals surface area contributed by atoms with E-state index in [-0.39, 0.29) is 0 Å². The summed E-state index contributed by atoms with van der Waals surface area (Å²) in [4.78, 5) is 6.80. The maximum Gasteiger partial charge on any atom is 0.107 e. The fourth-order valence-electron chi connectivity index (χ4n) is 2.11. The Kier molecular flexibility index (Phi) is 4.19. The number of nitrogens with zero attached hydrogens (tertiary/aromatic N) is 2. The number of halogens is 1. The van der Waals surface area contributed by atoms with Crippen molar-refractivity contribution in [3.05, 3.63) is 16.1 Å². The third kappa shape index (κ3) is 2.74. The van der Waals surface area contributed by atoms with Crippen LogP contribution in [-0.4, -0.2) is 35.7 Å². The van der Waals surface area contributed by atoms with Crippen molar-refractivity contribution in [3.8, 4) is 0 Å². The van der Waals surface area contributed by atoms with Gasteiger partial charge in [-0.3, -0.25) is 4.90 Å². The van der Waals surface area contributed by atoms with Crippen LogP contribution in [0.5, 0.6) is 0 Å². The van der Waals surface area contributed by atoms with Crippen LogP contribution in [-0.2, 0) is 17.2 Å². The van der Waals surface area contributed by atoms with Gasteiger partial charge in [-0.25, -0.2) is 4.98 Å². The van der Waals surface area contributed by atoms with E-state index in [2.05, 4.69) is 23.9 Å². The number of aromatic nitrogens is 1. The van der Waals surface area contributed by atoms with Crippen molar-refractivity contribution < 1.29 is 4.74 Å². The first kappa shape index (κ1) is 12.3. The molecule has 90 valence electrons. The molecule has 1 aromatic rings. The Hall–Kier alpha value is -0.160. The summed E-state index contributed by atoms with van der Waals surface area (Å²) in [5.74, 6) is 0.503. The molecule has 1 aliphatic heterocycles. The van der Waals surface area contributed by atoms with Gasteiger partial charge in [0.2, 0.25) is 0 Å². The first-order valence-electron chi connectivity index (χ1n) is 5.52. The third-order valence-electron chi connectivity index (χ3n) is 3.02. The molecule has 0 amide bonds. The molecule has 0 N–H and O–H groups in total. The molecule has 2 heterocycles. The molecule has 5 heteroatoms. The van der Waals surface area contributed by atoms with Gasteiger partial charge in [-0.1, -0.05) is 0 Å². The standard InChI is InChI=1S/C11H17ClN2OS/c1-8-10(3-4-15-8)14(2)6-11-13-9(5-12)7-16-11/h7-8,10H,3-6H2,1-2H3. The number of likely N-dealkylation sites (N-methyl/N-ethyl adjacent to an activating group) is 1. The van der Waals surface area contributed by atoms with E-state index >= 15 is 0 Å². The summed E-state index contributed by atoms with van der Waals surface area (Å²) < 4.78 is 5.57. The van der Waals surface area contributed by atoms with Gasteiger partial charge < -0.3 is 4.74 Å². The monoisotopic (exact) mass is 260 g/mol. The normalized spacial score (nSPS) is 25.5. The summed E-state index contributed by atoms with van der Waals surface area (Å²) in [5.41, 5.74) is 0.978. The molecule has 1 saturated heterocycles. The Morgan fingerprint density at radius 1 is 1.69 bits per heavy atom. The Bertz CT molecular complexity index is 344. The van der Waals surface area contributed by atoms with Crippen molar-refractivity contribution in [2.75, 3.05) is 13.7 Å². The molecule has 2 unspecified atom stereocenters. The van der Waals surface area contributed by atoms with Crippen LogP contribution >= 0.6 is 22.9 Å². The fraction of sp³-hybridized carbons (Fsp3) is 0.727. The van der Waals surface area contributed by atoms with Crippen molar-refractivity contribution in [2.45, 2.75) is 37.9 Å². The van der Waals surface area contributed by atoms with Crippen LogP contribution in [0, 0.1) is 0 Å². The molecule has 0 aliphatic carbocycles. The fourth-order valence-corrected chi connectivity index (χ4v) is 3.20. The minimum atomic E-state index is 0.331. The van der Waals surface area contributed by atoms with E-state index in [0.717, 1.165) is 30.3 Å². The zero-order valence-corrected chi connectivity index (χ0v) is 11.2. The van der Waals surface area contributed by atoms with Crippen LogP contribution in [0.1, 0.15) is 24.0 Å². The second-order valence-electron chi connectivity index (χ2n) is 4.21. The highest BCUT2D eigenvalue weighted by atomic mass is 35.5. The Morgan fingerprint density at radius 3 is 3.06 bits per heavy atom. The lowest BCUT2D eigenvalue weighted by Crippen LogP contribution is -2.36. The number of hydrogen-bond acceptors (Lipinski definition) is 4. The summed E-state index contributed by atoms with van der Waals surface area (Å²) in [7, 11) is 2.14. The first-order chi connectivity index (χ1) is 7.70. The Balaban J connectivity index is 1.93. The van der Waals surface area contributed by atoms with Gasteiger partial charge in [-0.2, -0.15) is 0 Å². The van der Waals surface area contributed by atoms with Crippen LogP contribution < -0.4 is 0 Å². The van der Waals surface area contributed by atoms with Gasteiger partial charge in [-0.15, -0.1) is 22.9 Å². The molecular weight excluding hydrogens is 244 g/mol. The molecule has 0 radical (unpaired) electrons. The average Bonchev–Trinajstić information content (AvgIpc) is 2.86. The highest BCUT2D eigenvalue weighted by Crippen LogP contribution is 2.21. The lowest BCUT2D eigenvalue weighted by Gasteiger charge is -2.25. The number of rotatable bonds is 4. The molecule has 3 nitrogen and oxygen atoms in total. The van der Waals surface area contributed by atoms with Gasteiger partial charge in [0.15, 0.2) is 0 Å². The lowest BCUT2D eigenvalue weighted by molar-refractivity contribution is 0.0814. The molecule has 1 aliphatic rings. The van der Waals surface area contributed by atoms with Gasteiger partial charge >= 0.3 is 0 Å². The SMILES string of the molecule is CC1OCCC1N(C)Cc1nc(CCl)cs1. The predicted molar refractivity (Wildman–Crippen MR) is 67.0 cm³/mol. The van der Waals surface area contributed by atoms with Crippen molar-refractivity contribution >= 4 is 22.9 Å². The van der Waals surface area contributed by atoms with E-state index in [9.17, 15) is 0 Å². The summed E-state index contributed by atoms with van der Waals surface area (Å²) in [6.45, 7) is 3.90. The van der Waals surface area contributed by atoms with E-state index in [0.29, 0.717) is 18.0 Å². The summed E-state index contributed by atoms with van der Waals surface area (Å²) in [6, 6.07) is 0.517. The highest BCUT2D eigenvalue weighted by Gasteiger charge is 2.28. The van der Waals surface area contributed by atoms with E-state index in [1.54, 1.807) is 11.3 Å². The maximum atomic E-state index is 5.74. The van der Waals surface area contributed by atoms with Crippen LogP contribution in [0.2, 0.25) is 0 Å². The first-order valence-corrected chi connectivity index (χ1v) is 6.93. The van der Waals surface area contributed by atoms with E-state index in [1.807, 2.05) is 5.38 Å². The lowest BCUT2D eigenvalue weighted by atomic mass is 10.1. The van der Waals surface area contributed by atoms with Crippen LogP contribution in [0.15, 0.2) is 5.38 Å². The van der Waals surface area contributed by atoms with Gasteiger partial charge in [0.25, 0.3) is 0 Å². The Labute approximate surface area is 105 Å². The maximum absolute atomic E-state index is 5.74. The minimum Gasteiger partial charge on any atom is -0.377 e. The topological polar surface area (TPSA) is 25.4 Å². The molecule has 0 spiro atoms. The predicted octanol–water partition coefficient (Wildman–Crippen LogP) is 2.49. The second kappa shape index (κ2) is 5.45. The average molecular weight is 261 g/mol. The van der Waals surface area contributed by atoms with Crippen molar-refractivity contribution in [3.63, 3.8) is 0 Å². The van der Waals surface area contributed by atoms with E-state index < -0.39 is 0 Å². The summed E-state index contributed by atoms with van der Waals surface area (Å²) in [5, 5.41) is 3.17. The Morgan fingerprint density at radius 2 is 2.50 bits per heavy atom. The van der Waals surface area contributed by atoms with Crippen molar-refractivity contribution in [1.82, 2.24) is 9.88 Å². The number of alkyl halides is 1. The molecule has 1 aromatic heterocycles. The van der Waals surface area contributed by atoms with Gasteiger partial charge in [0.05, 0.1) is 24.2 Å². The second-order valence-corrected chi connectivity index (χ2v) is 5.42. The number of thiazole rings is 1. The molecule has 2 atom stereocenters. The van der Waals surface area contributed by atoms with Crippen LogP contribution in [0.4, 0.5) is 0 Å². The van der Waals surface area contributed by atoms with Crippen LogP contribution in [0.3, 0.4) is 0 Å². The number of hydrogen-bond donors (Lipinski definition) is 0. The quantitative estimate of drug-likeness (QED) is 0.778. The molecule has 0 aromatic carbocycles. The summed E-state index contributed by atoms with van der Waals surface area (Å²) in [6.07, 6.45) is 1.45. The molecule has 16 heavy (non-hydrogen) atoms. The number of ether oxygens (including phenoxy) is 1. The van der Waals surface area contributed by atoms with E-state index in [4.69, 9.17) is 16.3 Å². The molecule has 0 saturated carbocycles. The zero-order valence-electron chi connectivity index (χ0n) is 9.65. The summed E-state index contributed by atoms with van der Waals surface area (Å²) >= 11 is 7.42. The highest BCUT2D eigenvalue weighted by molar-refractivity contribution is 7.09. The smallest absolute Gasteiger partial charge is 0.107 e. The van der Waals surface area contributed by atoms with Crippen LogP contribution in [0.25, 0.3) is 0 Å². The molecular formula is C11H17ClN2OS. The van der Waals surface area contributed by atoms with Crippen molar-refractivity contribution in [1.29, 1.82) is 0 Å². The molecule has 1 fully saturated rings. The van der Waals surface area contributed by atoms with Crippen molar-refractivity contribution in [2.24, 2.45) is 0 Å². The largest absolute Gasteiger partial charge is 0.377 e. The van der Waals surface area contributed by atoms with Gasteiger partial charge in [0, 0.05) is 18.0 Å². The molecule has 0 bridgehead atoms. The van der Waals surface area contributed by atoms with Gasteiger partial charge in [0.1, 0.15) is 5.01 Å². The van der Waals surface area contributed by atoms with Gasteiger partial charge in [-0.05, 0) is 20.4 Å². The zero-order chi connectivity index (χ0) is 11.5. The van der Waals surface area contributed by atoms with E-state index in [1.165, 1.54) is 0 Å². The molecule has 2 rings (SSSR count). The minimum absolute atomic E-state index is 0.331. The third-order valence-corrected chi connectivity index (χ3v) is 4.18.